The SMILES string of the molecule is N[C@@H]1CCn2c(=O)[nH]c3cccc(c32)C1=O. The van der Waals surface area contributed by atoms with Gasteiger partial charge in [-0.3, -0.25) is 9.36 Å². The summed E-state index contributed by atoms with van der Waals surface area (Å²) >= 11 is 0. The molecule has 1 aliphatic heterocycles. The number of hydrogen-bond donors (Lipinski definition) is 2. The van der Waals surface area contributed by atoms with Gasteiger partial charge in [0, 0.05) is 12.1 Å². The molecule has 3 rings (SSSR count). The van der Waals surface area contributed by atoms with Crippen molar-refractivity contribution in [3.63, 3.8) is 0 Å². The first-order valence-electron chi connectivity index (χ1n) is 5.20. The number of carbonyl (C=O) groups excluding carboxylic acids is 1. The Balaban J connectivity index is 2.46. The molecule has 82 valence electrons. The minimum atomic E-state index is -0.509. The molecule has 1 aliphatic rings. The standard InChI is InChI=1S/C11H11N3O2/c12-7-4-5-14-9-6(10(7)15)2-1-3-8(9)13-11(14)16/h1-3,7H,4-5,12H2,(H,13,16)/t7-/m1/s1. The average Bonchev–Trinajstić information content (AvgIpc) is 2.53. The van der Waals surface area contributed by atoms with E-state index < -0.39 is 6.04 Å². The molecule has 1 aromatic carbocycles. The van der Waals surface area contributed by atoms with E-state index in [1.54, 1.807) is 22.8 Å². The minimum absolute atomic E-state index is 0.0872. The molecule has 5 heteroatoms. The van der Waals surface area contributed by atoms with Gasteiger partial charge in [-0.2, -0.15) is 0 Å². The molecule has 0 fully saturated rings. The summed E-state index contributed by atoms with van der Waals surface area (Å²) in [5, 5.41) is 0. The topological polar surface area (TPSA) is 80.9 Å². The van der Waals surface area contributed by atoms with Gasteiger partial charge in [0.1, 0.15) is 0 Å². The van der Waals surface area contributed by atoms with E-state index in [9.17, 15) is 9.59 Å². The molecule has 0 saturated carbocycles. The molecule has 16 heavy (non-hydrogen) atoms. The lowest BCUT2D eigenvalue weighted by atomic mass is 10.0. The number of aromatic nitrogens is 2. The van der Waals surface area contributed by atoms with Crippen LogP contribution in [0.5, 0.6) is 0 Å². The zero-order valence-electron chi connectivity index (χ0n) is 8.56. The lowest BCUT2D eigenvalue weighted by molar-refractivity contribution is 0.0960. The van der Waals surface area contributed by atoms with E-state index in [0.29, 0.717) is 29.6 Å². The van der Waals surface area contributed by atoms with Crippen LogP contribution in [0.15, 0.2) is 23.0 Å². The average molecular weight is 217 g/mol. The third-order valence-corrected chi connectivity index (χ3v) is 3.06. The summed E-state index contributed by atoms with van der Waals surface area (Å²) in [6.45, 7) is 0.489. The number of para-hydroxylation sites is 1. The van der Waals surface area contributed by atoms with Crippen LogP contribution in [0.1, 0.15) is 16.8 Å². The number of aromatic amines is 1. The molecule has 0 unspecified atom stereocenters. The van der Waals surface area contributed by atoms with Gasteiger partial charge in [-0.15, -0.1) is 0 Å². The zero-order valence-corrected chi connectivity index (χ0v) is 8.56. The van der Waals surface area contributed by atoms with Gasteiger partial charge in [0.05, 0.1) is 17.1 Å². The van der Waals surface area contributed by atoms with Crippen molar-refractivity contribution >= 4 is 16.8 Å². The molecular weight excluding hydrogens is 206 g/mol. The Bertz CT molecular complexity index is 638. The molecule has 0 saturated heterocycles. The normalized spacial score (nSPS) is 20.1. The van der Waals surface area contributed by atoms with E-state index in [2.05, 4.69) is 4.98 Å². The number of nitrogens with zero attached hydrogens (tertiary/aromatic N) is 1. The number of rotatable bonds is 0. The summed E-state index contributed by atoms with van der Waals surface area (Å²) in [6.07, 6.45) is 0.500. The van der Waals surface area contributed by atoms with Crippen LogP contribution in [-0.4, -0.2) is 21.4 Å². The number of ketones is 1. The van der Waals surface area contributed by atoms with Gasteiger partial charge in [-0.05, 0) is 18.6 Å². The minimum Gasteiger partial charge on any atom is -0.321 e. The lowest BCUT2D eigenvalue weighted by Crippen LogP contribution is -2.30. The van der Waals surface area contributed by atoms with Crippen molar-refractivity contribution in [2.75, 3.05) is 0 Å². The molecule has 0 spiro atoms. The van der Waals surface area contributed by atoms with Gasteiger partial charge in [-0.1, -0.05) is 6.07 Å². The van der Waals surface area contributed by atoms with Crippen LogP contribution in [0, 0.1) is 0 Å². The van der Waals surface area contributed by atoms with Crippen molar-refractivity contribution in [3.05, 3.63) is 34.2 Å². The van der Waals surface area contributed by atoms with Crippen molar-refractivity contribution in [2.24, 2.45) is 5.73 Å². The van der Waals surface area contributed by atoms with Crippen molar-refractivity contribution < 1.29 is 4.79 Å². The lowest BCUT2D eigenvalue weighted by Gasteiger charge is -2.05. The fraction of sp³-hybridized carbons (Fsp3) is 0.273. The highest BCUT2D eigenvalue weighted by Crippen LogP contribution is 2.21. The molecule has 0 bridgehead atoms. The second-order valence-electron chi connectivity index (χ2n) is 4.04. The molecule has 0 aliphatic carbocycles. The first-order chi connectivity index (χ1) is 7.68. The molecular formula is C11H11N3O2. The molecule has 3 N–H and O–H groups in total. The fourth-order valence-electron chi connectivity index (χ4n) is 2.23. The van der Waals surface area contributed by atoms with Crippen LogP contribution >= 0.6 is 0 Å². The smallest absolute Gasteiger partial charge is 0.321 e. The van der Waals surface area contributed by atoms with Crippen LogP contribution in [0.3, 0.4) is 0 Å². The van der Waals surface area contributed by atoms with Crippen LogP contribution in [0.25, 0.3) is 11.0 Å². The Morgan fingerprint density at radius 3 is 3.00 bits per heavy atom. The van der Waals surface area contributed by atoms with E-state index in [0.717, 1.165) is 0 Å². The van der Waals surface area contributed by atoms with Gasteiger partial charge in [0.15, 0.2) is 5.78 Å². The highest BCUT2D eigenvalue weighted by Gasteiger charge is 2.24. The molecule has 0 amide bonds. The Morgan fingerprint density at radius 1 is 1.38 bits per heavy atom. The second kappa shape index (κ2) is 3.05. The fourth-order valence-corrected chi connectivity index (χ4v) is 2.23. The van der Waals surface area contributed by atoms with Gasteiger partial charge in [-0.25, -0.2) is 4.79 Å². The Labute approximate surface area is 90.9 Å². The van der Waals surface area contributed by atoms with Crippen molar-refractivity contribution in [1.82, 2.24) is 9.55 Å². The first-order valence-corrected chi connectivity index (χ1v) is 5.20. The molecule has 0 radical (unpaired) electrons. The van der Waals surface area contributed by atoms with E-state index in [4.69, 9.17) is 5.73 Å². The number of hydrogen-bond acceptors (Lipinski definition) is 3. The molecule has 2 heterocycles. The first kappa shape index (κ1) is 9.35. The van der Waals surface area contributed by atoms with E-state index in [-0.39, 0.29) is 11.5 Å². The number of aryl methyl sites for hydroxylation is 1. The van der Waals surface area contributed by atoms with Gasteiger partial charge < -0.3 is 10.7 Å². The van der Waals surface area contributed by atoms with E-state index in [1.165, 1.54) is 0 Å². The quantitative estimate of drug-likeness (QED) is 0.663. The summed E-state index contributed by atoms with van der Waals surface area (Å²) in [5.41, 5.74) is 7.52. The largest absolute Gasteiger partial charge is 0.326 e. The Morgan fingerprint density at radius 2 is 2.19 bits per heavy atom. The number of carbonyl (C=O) groups is 1. The second-order valence-corrected chi connectivity index (χ2v) is 4.04. The predicted molar refractivity (Wildman–Crippen MR) is 59.5 cm³/mol. The van der Waals surface area contributed by atoms with Gasteiger partial charge in [0.2, 0.25) is 0 Å². The number of imidazole rings is 1. The van der Waals surface area contributed by atoms with Crippen molar-refractivity contribution in [3.8, 4) is 0 Å². The summed E-state index contributed by atoms with van der Waals surface area (Å²) in [7, 11) is 0. The summed E-state index contributed by atoms with van der Waals surface area (Å²) in [4.78, 5) is 26.4. The highest BCUT2D eigenvalue weighted by molar-refractivity contribution is 6.09. The number of Topliss-reactive ketones (excluding diaryl/α,β-unsaturated/α-hetero) is 1. The van der Waals surface area contributed by atoms with E-state index >= 15 is 0 Å². The summed E-state index contributed by atoms with van der Waals surface area (Å²) in [6, 6.07) is 4.76. The maximum Gasteiger partial charge on any atom is 0.326 e. The maximum atomic E-state index is 12.0. The van der Waals surface area contributed by atoms with Gasteiger partial charge in [0.25, 0.3) is 0 Å². The summed E-state index contributed by atoms with van der Waals surface area (Å²) in [5.74, 6) is -0.0872. The number of benzene rings is 1. The predicted octanol–water partition coefficient (Wildman–Crippen LogP) is 0.243. The molecule has 2 aromatic rings. The number of H-pyrrole nitrogens is 1. The maximum absolute atomic E-state index is 12.0. The summed E-state index contributed by atoms with van der Waals surface area (Å²) < 4.78 is 1.59. The van der Waals surface area contributed by atoms with Gasteiger partial charge >= 0.3 is 5.69 Å². The molecule has 1 atom stereocenters. The van der Waals surface area contributed by atoms with Crippen molar-refractivity contribution in [2.45, 2.75) is 19.0 Å². The molecule has 1 aromatic heterocycles. The molecule has 5 nitrogen and oxygen atoms in total. The third kappa shape index (κ3) is 1.09. The van der Waals surface area contributed by atoms with Crippen molar-refractivity contribution in [1.29, 1.82) is 0 Å². The third-order valence-electron chi connectivity index (χ3n) is 3.06. The monoisotopic (exact) mass is 217 g/mol. The Kier molecular flexibility index (Phi) is 1.79. The van der Waals surface area contributed by atoms with E-state index in [1.807, 2.05) is 0 Å². The van der Waals surface area contributed by atoms with Crippen LogP contribution in [0.2, 0.25) is 0 Å². The zero-order chi connectivity index (χ0) is 11.3. The van der Waals surface area contributed by atoms with Crippen LogP contribution in [0.4, 0.5) is 0 Å². The highest BCUT2D eigenvalue weighted by atomic mass is 16.1. The van der Waals surface area contributed by atoms with Crippen LogP contribution < -0.4 is 11.4 Å². The Hall–Kier alpha value is -1.88. The number of nitrogens with one attached hydrogen (secondary N) is 1. The van der Waals surface area contributed by atoms with Crippen LogP contribution in [-0.2, 0) is 6.54 Å². The number of nitrogens with two attached hydrogens (primary N) is 1.